The number of carboxylic acid groups (broad SMARTS) is 1. The van der Waals surface area contributed by atoms with Crippen molar-refractivity contribution in [2.45, 2.75) is 32.4 Å². The maximum absolute atomic E-state index is 11.5. The second-order valence-corrected chi connectivity index (χ2v) is 3.95. The van der Waals surface area contributed by atoms with Gasteiger partial charge in [-0.15, -0.1) is 0 Å². The molecule has 0 aliphatic carbocycles. The van der Waals surface area contributed by atoms with Gasteiger partial charge in [0.05, 0.1) is 12.2 Å². The first kappa shape index (κ1) is 14.0. The molecule has 0 spiro atoms. The zero-order valence-corrected chi connectivity index (χ0v) is 10.5. The van der Waals surface area contributed by atoms with Gasteiger partial charge in [0, 0.05) is 13.2 Å². The van der Waals surface area contributed by atoms with Crippen LogP contribution in [0.2, 0.25) is 0 Å². The fourth-order valence-electron chi connectivity index (χ4n) is 1.50. The molecule has 1 atom stereocenters. The van der Waals surface area contributed by atoms with Gasteiger partial charge in [-0.1, -0.05) is 13.3 Å². The summed E-state index contributed by atoms with van der Waals surface area (Å²) in [6.45, 7) is 2.17. The number of aromatic nitrogens is 2. The second-order valence-electron chi connectivity index (χ2n) is 3.95. The Morgan fingerprint density at radius 1 is 1.56 bits per heavy atom. The summed E-state index contributed by atoms with van der Waals surface area (Å²) in [5.41, 5.74) is 0.840. The van der Waals surface area contributed by atoms with E-state index in [9.17, 15) is 9.59 Å². The standard InChI is InChI=1S/C11H18N4O3/c1-3-4-9(10(16)17)14-11(18)12-7-8-5-6-13-15(8)2/h5-6,9H,3-4,7H2,1-2H3,(H,16,17)(H2,12,14,18)/t9-/m0/s1. The predicted molar refractivity (Wildman–Crippen MR) is 64.9 cm³/mol. The van der Waals surface area contributed by atoms with Crippen LogP contribution in [0.5, 0.6) is 0 Å². The molecule has 3 N–H and O–H groups in total. The molecule has 0 fully saturated rings. The van der Waals surface area contributed by atoms with E-state index >= 15 is 0 Å². The molecule has 1 aromatic rings. The van der Waals surface area contributed by atoms with E-state index in [1.54, 1.807) is 24.0 Å². The van der Waals surface area contributed by atoms with Crippen molar-refractivity contribution in [1.82, 2.24) is 20.4 Å². The van der Waals surface area contributed by atoms with Crippen LogP contribution in [0.4, 0.5) is 4.79 Å². The molecule has 0 aromatic carbocycles. The number of hydrogen-bond donors (Lipinski definition) is 3. The van der Waals surface area contributed by atoms with Gasteiger partial charge >= 0.3 is 12.0 Å². The molecule has 0 radical (unpaired) electrons. The van der Waals surface area contributed by atoms with Crippen molar-refractivity contribution in [3.63, 3.8) is 0 Å². The summed E-state index contributed by atoms with van der Waals surface area (Å²) < 4.78 is 1.64. The average molecular weight is 254 g/mol. The Kier molecular flexibility index (Phi) is 5.16. The first-order valence-corrected chi connectivity index (χ1v) is 5.78. The van der Waals surface area contributed by atoms with Crippen LogP contribution in [0.3, 0.4) is 0 Å². The van der Waals surface area contributed by atoms with Crippen molar-refractivity contribution in [2.24, 2.45) is 7.05 Å². The molecule has 0 aliphatic heterocycles. The van der Waals surface area contributed by atoms with Gasteiger partial charge in [0.25, 0.3) is 0 Å². The quantitative estimate of drug-likeness (QED) is 0.687. The smallest absolute Gasteiger partial charge is 0.326 e. The number of nitrogens with one attached hydrogen (secondary N) is 2. The number of amides is 2. The molecular formula is C11H18N4O3. The number of aliphatic carboxylic acids is 1. The molecule has 0 saturated heterocycles. The number of hydrogen-bond acceptors (Lipinski definition) is 3. The molecular weight excluding hydrogens is 236 g/mol. The monoisotopic (exact) mass is 254 g/mol. The first-order chi connectivity index (χ1) is 8.54. The molecule has 0 unspecified atom stereocenters. The van der Waals surface area contributed by atoms with E-state index in [4.69, 9.17) is 5.11 Å². The Bertz CT molecular complexity index is 416. The summed E-state index contributed by atoms with van der Waals surface area (Å²) in [6.07, 6.45) is 2.74. The van der Waals surface area contributed by atoms with Crippen molar-refractivity contribution in [3.05, 3.63) is 18.0 Å². The molecule has 0 saturated carbocycles. The molecule has 1 rings (SSSR count). The van der Waals surface area contributed by atoms with Crippen molar-refractivity contribution in [1.29, 1.82) is 0 Å². The third kappa shape index (κ3) is 4.08. The summed E-state index contributed by atoms with van der Waals surface area (Å²) in [4.78, 5) is 22.4. The third-order valence-electron chi connectivity index (χ3n) is 2.53. The van der Waals surface area contributed by atoms with Gasteiger partial charge in [-0.05, 0) is 12.5 Å². The van der Waals surface area contributed by atoms with Gasteiger partial charge in [0.2, 0.25) is 0 Å². The molecule has 0 bridgehead atoms. The Morgan fingerprint density at radius 3 is 2.78 bits per heavy atom. The highest BCUT2D eigenvalue weighted by Gasteiger charge is 2.18. The second kappa shape index (κ2) is 6.63. The highest BCUT2D eigenvalue weighted by molar-refractivity contribution is 5.82. The van der Waals surface area contributed by atoms with Gasteiger partial charge < -0.3 is 15.7 Å². The highest BCUT2D eigenvalue weighted by atomic mass is 16.4. The van der Waals surface area contributed by atoms with E-state index in [0.717, 1.165) is 5.69 Å². The minimum atomic E-state index is -1.02. The zero-order valence-electron chi connectivity index (χ0n) is 10.5. The van der Waals surface area contributed by atoms with Crippen LogP contribution in [-0.4, -0.2) is 32.9 Å². The largest absolute Gasteiger partial charge is 0.480 e. The number of urea groups is 1. The van der Waals surface area contributed by atoms with Crippen LogP contribution in [0.1, 0.15) is 25.5 Å². The molecule has 18 heavy (non-hydrogen) atoms. The predicted octanol–water partition coefficient (Wildman–Crippen LogP) is 0.473. The van der Waals surface area contributed by atoms with Crippen molar-refractivity contribution in [2.75, 3.05) is 0 Å². The lowest BCUT2D eigenvalue weighted by Gasteiger charge is -2.14. The van der Waals surface area contributed by atoms with Crippen molar-refractivity contribution in [3.8, 4) is 0 Å². The van der Waals surface area contributed by atoms with Crippen LogP contribution >= 0.6 is 0 Å². The topological polar surface area (TPSA) is 96.3 Å². The fourth-order valence-corrected chi connectivity index (χ4v) is 1.50. The lowest BCUT2D eigenvalue weighted by Crippen LogP contribution is -2.45. The van der Waals surface area contributed by atoms with Crippen LogP contribution in [0, 0.1) is 0 Å². The zero-order chi connectivity index (χ0) is 13.5. The normalized spacial score (nSPS) is 11.9. The number of aryl methyl sites for hydroxylation is 1. The minimum absolute atomic E-state index is 0.306. The van der Waals surface area contributed by atoms with Crippen LogP contribution < -0.4 is 10.6 Å². The van der Waals surface area contributed by atoms with E-state index in [2.05, 4.69) is 15.7 Å². The van der Waals surface area contributed by atoms with Gasteiger partial charge in [-0.2, -0.15) is 5.10 Å². The van der Waals surface area contributed by atoms with Gasteiger partial charge in [0.15, 0.2) is 0 Å². The lowest BCUT2D eigenvalue weighted by molar-refractivity contribution is -0.139. The maximum Gasteiger partial charge on any atom is 0.326 e. The van der Waals surface area contributed by atoms with E-state index in [0.29, 0.717) is 19.4 Å². The Morgan fingerprint density at radius 2 is 2.28 bits per heavy atom. The van der Waals surface area contributed by atoms with Crippen LogP contribution in [0.15, 0.2) is 12.3 Å². The van der Waals surface area contributed by atoms with E-state index in [1.165, 1.54) is 0 Å². The van der Waals surface area contributed by atoms with Crippen molar-refractivity contribution < 1.29 is 14.7 Å². The number of carbonyl (C=O) groups excluding carboxylic acids is 1. The number of rotatable bonds is 6. The Labute approximate surface area is 105 Å². The summed E-state index contributed by atoms with van der Waals surface area (Å²) in [6, 6.07) is 0.444. The fraction of sp³-hybridized carbons (Fsp3) is 0.545. The summed E-state index contributed by atoms with van der Waals surface area (Å²) in [5.74, 6) is -1.02. The molecule has 1 heterocycles. The number of nitrogens with zero attached hydrogens (tertiary/aromatic N) is 2. The molecule has 2 amide bonds. The SMILES string of the molecule is CCC[C@H](NC(=O)NCc1ccnn1C)C(=O)O. The van der Waals surface area contributed by atoms with Crippen molar-refractivity contribution >= 4 is 12.0 Å². The van der Waals surface area contributed by atoms with Crippen LogP contribution in [0.25, 0.3) is 0 Å². The Hall–Kier alpha value is -2.05. The first-order valence-electron chi connectivity index (χ1n) is 5.78. The molecule has 100 valence electrons. The molecule has 1 aromatic heterocycles. The van der Waals surface area contributed by atoms with E-state index < -0.39 is 18.0 Å². The minimum Gasteiger partial charge on any atom is -0.480 e. The van der Waals surface area contributed by atoms with Crippen LogP contribution in [-0.2, 0) is 18.4 Å². The Balaban J connectivity index is 2.41. The van der Waals surface area contributed by atoms with Gasteiger partial charge in [0.1, 0.15) is 6.04 Å². The lowest BCUT2D eigenvalue weighted by atomic mass is 10.2. The van der Waals surface area contributed by atoms with E-state index in [-0.39, 0.29) is 0 Å². The summed E-state index contributed by atoms with van der Waals surface area (Å²) >= 11 is 0. The average Bonchev–Trinajstić information content (AvgIpc) is 2.71. The molecule has 7 nitrogen and oxygen atoms in total. The highest BCUT2D eigenvalue weighted by Crippen LogP contribution is 1.98. The number of carbonyl (C=O) groups is 2. The number of carboxylic acids is 1. The molecule has 0 aliphatic rings. The summed E-state index contributed by atoms with van der Waals surface area (Å²) in [5, 5.41) is 17.9. The van der Waals surface area contributed by atoms with Gasteiger partial charge in [-0.25, -0.2) is 9.59 Å². The maximum atomic E-state index is 11.5. The molecule has 7 heteroatoms. The van der Waals surface area contributed by atoms with Gasteiger partial charge in [-0.3, -0.25) is 4.68 Å². The summed E-state index contributed by atoms with van der Waals surface area (Å²) in [7, 11) is 1.77. The van der Waals surface area contributed by atoms with E-state index in [1.807, 2.05) is 6.92 Å². The third-order valence-corrected chi connectivity index (χ3v) is 2.53.